The Morgan fingerprint density at radius 2 is 1.71 bits per heavy atom. The third-order valence-electron chi connectivity index (χ3n) is 4.20. The Morgan fingerprint density at radius 3 is 2.38 bits per heavy atom. The van der Waals surface area contributed by atoms with E-state index >= 15 is 0 Å². The van der Waals surface area contributed by atoms with Crippen LogP contribution in [0.5, 0.6) is 5.75 Å². The number of hydrogen-bond acceptors (Lipinski definition) is 2. The van der Waals surface area contributed by atoms with E-state index in [1.54, 1.807) is 0 Å². The summed E-state index contributed by atoms with van der Waals surface area (Å²) >= 11 is 0. The molecule has 2 aromatic carbocycles. The number of rotatable bonds is 2. The molecule has 1 atom stereocenters. The standard InChI is InChI=1S/C19H20O2/c1-12(2)17-11-16-10-15(8-9-18(16)21-19(17)20)14-6-4-13(3)5-7-14/h4-10,12,17H,11H2,1-3H3. The quantitative estimate of drug-likeness (QED) is 0.602. The van der Waals surface area contributed by atoms with Crippen LogP contribution in [-0.2, 0) is 11.2 Å². The van der Waals surface area contributed by atoms with Crippen molar-refractivity contribution in [3.8, 4) is 16.9 Å². The number of esters is 1. The number of carbonyl (C=O) groups is 1. The van der Waals surface area contributed by atoms with Gasteiger partial charge in [0.25, 0.3) is 0 Å². The first-order valence-corrected chi connectivity index (χ1v) is 7.46. The fourth-order valence-electron chi connectivity index (χ4n) is 2.78. The molecule has 2 heteroatoms. The lowest BCUT2D eigenvalue weighted by molar-refractivity contribution is -0.141. The molecule has 1 aliphatic rings. The second-order valence-corrected chi connectivity index (χ2v) is 6.16. The van der Waals surface area contributed by atoms with E-state index in [-0.39, 0.29) is 11.9 Å². The van der Waals surface area contributed by atoms with E-state index in [4.69, 9.17) is 4.74 Å². The molecule has 108 valence electrons. The van der Waals surface area contributed by atoms with Crippen LogP contribution in [0.1, 0.15) is 25.0 Å². The van der Waals surface area contributed by atoms with Gasteiger partial charge in [0.2, 0.25) is 0 Å². The summed E-state index contributed by atoms with van der Waals surface area (Å²) in [6, 6.07) is 14.6. The minimum absolute atomic E-state index is 0.0363. The van der Waals surface area contributed by atoms with Gasteiger partial charge >= 0.3 is 5.97 Å². The summed E-state index contributed by atoms with van der Waals surface area (Å²) in [4.78, 5) is 12.0. The molecule has 1 aliphatic heterocycles. The Kier molecular flexibility index (Phi) is 3.54. The maximum Gasteiger partial charge on any atom is 0.314 e. The van der Waals surface area contributed by atoms with E-state index in [0.717, 1.165) is 12.0 Å². The number of carbonyl (C=O) groups excluding carboxylic acids is 1. The van der Waals surface area contributed by atoms with Crippen LogP contribution in [0.3, 0.4) is 0 Å². The molecule has 0 saturated carbocycles. The summed E-state index contributed by atoms with van der Waals surface area (Å²) in [7, 11) is 0. The molecule has 0 aromatic heterocycles. The van der Waals surface area contributed by atoms with E-state index in [1.165, 1.54) is 16.7 Å². The van der Waals surface area contributed by atoms with Gasteiger partial charge in [-0.25, -0.2) is 0 Å². The molecule has 0 radical (unpaired) electrons. The maximum atomic E-state index is 12.0. The first-order valence-electron chi connectivity index (χ1n) is 7.46. The van der Waals surface area contributed by atoms with Crippen molar-refractivity contribution in [2.45, 2.75) is 27.2 Å². The third kappa shape index (κ3) is 2.71. The van der Waals surface area contributed by atoms with Gasteiger partial charge in [-0.2, -0.15) is 0 Å². The van der Waals surface area contributed by atoms with Crippen molar-refractivity contribution in [1.29, 1.82) is 0 Å². The highest BCUT2D eigenvalue weighted by Crippen LogP contribution is 2.34. The summed E-state index contributed by atoms with van der Waals surface area (Å²) < 4.78 is 5.48. The van der Waals surface area contributed by atoms with Crippen molar-refractivity contribution in [3.63, 3.8) is 0 Å². The normalized spacial score (nSPS) is 17.5. The zero-order valence-corrected chi connectivity index (χ0v) is 12.7. The fraction of sp³-hybridized carbons (Fsp3) is 0.316. The second kappa shape index (κ2) is 5.36. The van der Waals surface area contributed by atoms with E-state index in [2.05, 4.69) is 51.1 Å². The minimum atomic E-state index is -0.0967. The Bertz CT molecular complexity index is 668. The lowest BCUT2D eigenvalue weighted by Crippen LogP contribution is -2.31. The SMILES string of the molecule is Cc1ccc(-c2ccc3c(c2)CC(C(C)C)C(=O)O3)cc1. The molecule has 0 amide bonds. The van der Waals surface area contributed by atoms with Crippen LogP contribution in [0.25, 0.3) is 11.1 Å². The molecule has 1 heterocycles. The molecular formula is C19H20O2. The predicted octanol–water partition coefficient (Wildman–Crippen LogP) is 4.40. The van der Waals surface area contributed by atoms with Crippen LogP contribution in [0.15, 0.2) is 42.5 Å². The molecule has 0 saturated heterocycles. The molecular weight excluding hydrogens is 260 g/mol. The zero-order valence-electron chi connectivity index (χ0n) is 12.7. The van der Waals surface area contributed by atoms with Gasteiger partial charge in [0.05, 0.1) is 5.92 Å². The molecule has 0 N–H and O–H groups in total. The lowest BCUT2D eigenvalue weighted by Gasteiger charge is -2.26. The highest BCUT2D eigenvalue weighted by Gasteiger charge is 2.30. The number of aryl methyl sites for hydroxylation is 1. The van der Waals surface area contributed by atoms with Gasteiger partial charge in [0.15, 0.2) is 0 Å². The van der Waals surface area contributed by atoms with Crippen LogP contribution in [-0.4, -0.2) is 5.97 Å². The van der Waals surface area contributed by atoms with Gasteiger partial charge in [-0.05, 0) is 48.1 Å². The molecule has 2 nitrogen and oxygen atoms in total. The summed E-state index contributed by atoms with van der Waals surface area (Å²) in [5.74, 6) is 0.882. The van der Waals surface area contributed by atoms with E-state index in [0.29, 0.717) is 11.7 Å². The summed E-state index contributed by atoms with van der Waals surface area (Å²) in [6.07, 6.45) is 0.769. The second-order valence-electron chi connectivity index (χ2n) is 6.16. The molecule has 0 aliphatic carbocycles. The average Bonchev–Trinajstić information content (AvgIpc) is 2.46. The van der Waals surface area contributed by atoms with Gasteiger partial charge in [-0.3, -0.25) is 4.79 Å². The van der Waals surface area contributed by atoms with E-state index in [9.17, 15) is 4.79 Å². The average molecular weight is 280 g/mol. The van der Waals surface area contributed by atoms with Crippen LogP contribution in [0, 0.1) is 18.8 Å². The molecule has 21 heavy (non-hydrogen) atoms. The van der Waals surface area contributed by atoms with Crippen LogP contribution >= 0.6 is 0 Å². The first kappa shape index (κ1) is 13.9. The zero-order chi connectivity index (χ0) is 15.0. The first-order chi connectivity index (χ1) is 10.0. The Balaban J connectivity index is 1.96. The van der Waals surface area contributed by atoms with Gasteiger partial charge in [-0.1, -0.05) is 49.7 Å². The van der Waals surface area contributed by atoms with Gasteiger partial charge in [-0.15, -0.1) is 0 Å². The molecule has 0 spiro atoms. The fourth-order valence-corrected chi connectivity index (χ4v) is 2.78. The number of hydrogen-bond donors (Lipinski definition) is 0. The van der Waals surface area contributed by atoms with Crippen molar-refractivity contribution in [3.05, 3.63) is 53.6 Å². The molecule has 0 bridgehead atoms. The van der Waals surface area contributed by atoms with Crippen LogP contribution < -0.4 is 4.74 Å². The van der Waals surface area contributed by atoms with Crippen molar-refractivity contribution >= 4 is 5.97 Å². The van der Waals surface area contributed by atoms with Gasteiger partial charge in [0.1, 0.15) is 5.75 Å². The Labute approximate surface area is 125 Å². The lowest BCUT2D eigenvalue weighted by atomic mass is 9.86. The van der Waals surface area contributed by atoms with Crippen molar-refractivity contribution in [1.82, 2.24) is 0 Å². The monoisotopic (exact) mass is 280 g/mol. The molecule has 2 aromatic rings. The maximum absolute atomic E-state index is 12.0. The van der Waals surface area contributed by atoms with Crippen molar-refractivity contribution in [2.75, 3.05) is 0 Å². The minimum Gasteiger partial charge on any atom is -0.426 e. The van der Waals surface area contributed by atoms with E-state index < -0.39 is 0 Å². The number of ether oxygens (including phenoxy) is 1. The Hall–Kier alpha value is -2.09. The number of benzene rings is 2. The van der Waals surface area contributed by atoms with E-state index in [1.807, 2.05) is 12.1 Å². The Morgan fingerprint density at radius 1 is 1.05 bits per heavy atom. The van der Waals surface area contributed by atoms with Crippen LogP contribution in [0.4, 0.5) is 0 Å². The van der Waals surface area contributed by atoms with Crippen molar-refractivity contribution in [2.24, 2.45) is 11.8 Å². The summed E-state index contributed by atoms with van der Waals surface area (Å²) in [5, 5.41) is 0. The number of fused-ring (bicyclic) bond motifs is 1. The molecule has 3 rings (SSSR count). The molecule has 0 fully saturated rings. The predicted molar refractivity (Wildman–Crippen MR) is 84.3 cm³/mol. The highest BCUT2D eigenvalue weighted by molar-refractivity contribution is 5.79. The smallest absolute Gasteiger partial charge is 0.314 e. The largest absolute Gasteiger partial charge is 0.426 e. The molecule has 1 unspecified atom stereocenters. The third-order valence-corrected chi connectivity index (χ3v) is 4.20. The van der Waals surface area contributed by atoms with Gasteiger partial charge < -0.3 is 4.74 Å². The highest BCUT2D eigenvalue weighted by atomic mass is 16.5. The van der Waals surface area contributed by atoms with Gasteiger partial charge in [0, 0.05) is 0 Å². The van der Waals surface area contributed by atoms with Crippen LogP contribution in [0.2, 0.25) is 0 Å². The summed E-state index contributed by atoms with van der Waals surface area (Å²) in [6.45, 7) is 6.23. The van der Waals surface area contributed by atoms with Crippen molar-refractivity contribution < 1.29 is 9.53 Å². The topological polar surface area (TPSA) is 26.3 Å². The summed E-state index contributed by atoms with van der Waals surface area (Å²) in [5.41, 5.74) is 4.76.